The van der Waals surface area contributed by atoms with E-state index in [0.29, 0.717) is 16.7 Å². The van der Waals surface area contributed by atoms with Gasteiger partial charge in [0.05, 0.1) is 5.69 Å². The lowest BCUT2D eigenvalue weighted by atomic mass is 10.2. The maximum Gasteiger partial charge on any atom is 0.331 e. The average molecular weight is 384 g/mol. The van der Waals surface area contributed by atoms with Crippen molar-refractivity contribution >= 4 is 35.2 Å². The van der Waals surface area contributed by atoms with Crippen LogP contribution in [0.3, 0.4) is 0 Å². The van der Waals surface area contributed by atoms with Gasteiger partial charge in [0, 0.05) is 11.1 Å². The van der Waals surface area contributed by atoms with Gasteiger partial charge in [-0.15, -0.1) is 0 Å². The second-order valence-corrected chi connectivity index (χ2v) is 5.61. The molecule has 0 aliphatic carbocycles. The standard InChI is InChI=1S/C18H13ClF3NO3/c1-10(18(25)23-14-8-7-13(20)16(21)17(14)22)26-15(24)9-4-11-2-5-12(19)6-3-11/h2-10H,1H3,(H,23,25)/b9-4+/t10-/m1/s1. The Morgan fingerprint density at radius 1 is 1.08 bits per heavy atom. The third-order valence-corrected chi connectivity index (χ3v) is 3.49. The summed E-state index contributed by atoms with van der Waals surface area (Å²) in [6, 6.07) is 8.15. The van der Waals surface area contributed by atoms with E-state index in [2.05, 4.69) is 0 Å². The van der Waals surface area contributed by atoms with Gasteiger partial charge in [-0.2, -0.15) is 0 Å². The van der Waals surface area contributed by atoms with Crippen LogP contribution in [0.25, 0.3) is 6.08 Å². The quantitative estimate of drug-likeness (QED) is 0.474. The van der Waals surface area contributed by atoms with Crippen LogP contribution in [0.15, 0.2) is 42.5 Å². The number of anilines is 1. The number of hydrogen-bond donors (Lipinski definition) is 1. The molecule has 0 spiro atoms. The van der Waals surface area contributed by atoms with Crippen LogP contribution in [0.1, 0.15) is 12.5 Å². The van der Waals surface area contributed by atoms with Gasteiger partial charge in [0.2, 0.25) is 0 Å². The number of nitrogens with one attached hydrogen (secondary N) is 1. The largest absolute Gasteiger partial charge is 0.449 e. The molecule has 0 fully saturated rings. The lowest BCUT2D eigenvalue weighted by Gasteiger charge is -2.13. The van der Waals surface area contributed by atoms with Crippen LogP contribution in [0.5, 0.6) is 0 Å². The number of halogens is 4. The highest BCUT2D eigenvalue weighted by Crippen LogP contribution is 2.20. The fraction of sp³-hybridized carbons (Fsp3) is 0.111. The number of benzene rings is 2. The summed E-state index contributed by atoms with van der Waals surface area (Å²) < 4.78 is 44.4. The molecule has 26 heavy (non-hydrogen) atoms. The predicted molar refractivity (Wildman–Crippen MR) is 91.0 cm³/mol. The maximum atomic E-state index is 13.5. The molecule has 1 atom stereocenters. The lowest BCUT2D eigenvalue weighted by Crippen LogP contribution is -2.29. The molecule has 1 amide bonds. The fourth-order valence-corrected chi connectivity index (χ4v) is 1.99. The number of esters is 1. The summed E-state index contributed by atoms with van der Waals surface area (Å²) in [4.78, 5) is 23.6. The van der Waals surface area contributed by atoms with E-state index in [1.165, 1.54) is 13.0 Å². The van der Waals surface area contributed by atoms with Gasteiger partial charge < -0.3 is 10.1 Å². The molecule has 0 radical (unpaired) electrons. The minimum absolute atomic E-state index is 0.541. The summed E-state index contributed by atoms with van der Waals surface area (Å²) in [5, 5.41) is 2.57. The molecule has 2 aromatic rings. The normalized spacial score (nSPS) is 12.0. The molecule has 8 heteroatoms. The number of carbonyl (C=O) groups is 2. The molecule has 136 valence electrons. The summed E-state index contributed by atoms with van der Waals surface area (Å²) >= 11 is 5.74. The summed E-state index contributed by atoms with van der Waals surface area (Å²) in [7, 11) is 0. The van der Waals surface area contributed by atoms with Crippen LogP contribution in [-0.4, -0.2) is 18.0 Å². The van der Waals surface area contributed by atoms with E-state index in [-0.39, 0.29) is 0 Å². The SMILES string of the molecule is C[C@@H](OC(=O)/C=C/c1ccc(Cl)cc1)C(=O)Nc1ccc(F)c(F)c1F. The van der Waals surface area contributed by atoms with Crippen LogP contribution < -0.4 is 5.32 Å². The fourth-order valence-electron chi connectivity index (χ4n) is 1.86. The Balaban J connectivity index is 1.95. The maximum absolute atomic E-state index is 13.5. The van der Waals surface area contributed by atoms with E-state index < -0.39 is 41.1 Å². The average Bonchev–Trinajstić information content (AvgIpc) is 2.61. The van der Waals surface area contributed by atoms with Gasteiger partial charge in [-0.05, 0) is 42.8 Å². The smallest absolute Gasteiger partial charge is 0.331 e. The number of hydrogen-bond acceptors (Lipinski definition) is 3. The first-order valence-corrected chi connectivity index (χ1v) is 7.74. The highest BCUT2D eigenvalue weighted by molar-refractivity contribution is 6.30. The van der Waals surface area contributed by atoms with Crippen LogP contribution in [0.2, 0.25) is 5.02 Å². The van der Waals surface area contributed by atoms with Gasteiger partial charge in [-0.25, -0.2) is 18.0 Å². The second kappa shape index (κ2) is 8.53. The molecule has 0 bridgehead atoms. The second-order valence-electron chi connectivity index (χ2n) is 5.18. The van der Waals surface area contributed by atoms with Crippen LogP contribution in [-0.2, 0) is 14.3 Å². The van der Waals surface area contributed by atoms with Gasteiger partial charge in [0.15, 0.2) is 23.6 Å². The van der Waals surface area contributed by atoms with Crippen molar-refractivity contribution in [3.63, 3.8) is 0 Å². The van der Waals surface area contributed by atoms with Gasteiger partial charge in [0.1, 0.15) is 0 Å². The Labute approximate surface area is 152 Å². The van der Waals surface area contributed by atoms with Crippen molar-refractivity contribution in [2.75, 3.05) is 5.32 Å². The zero-order valence-electron chi connectivity index (χ0n) is 13.4. The van der Waals surface area contributed by atoms with Gasteiger partial charge >= 0.3 is 5.97 Å². The lowest BCUT2D eigenvalue weighted by molar-refractivity contribution is -0.148. The molecule has 0 aliphatic rings. The molecule has 0 unspecified atom stereocenters. The van der Waals surface area contributed by atoms with Crippen molar-refractivity contribution < 1.29 is 27.5 Å². The topological polar surface area (TPSA) is 55.4 Å². The van der Waals surface area contributed by atoms with Crippen molar-refractivity contribution in [3.05, 3.63) is 70.5 Å². The minimum Gasteiger partial charge on any atom is -0.449 e. The minimum atomic E-state index is -1.71. The van der Waals surface area contributed by atoms with Crippen molar-refractivity contribution in [2.24, 2.45) is 0 Å². The van der Waals surface area contributed by atoms with E-state index in [9.17, 15) is 22.8 Å². The first kappa shape index (κ1) is 19.5. The van der Waals surface area contributed by atoms with E-state index >= 15 is 0 Å². The number of ether oxygens (including phenoxy) is 1. The third-order valence-electron chi connectivity index (χ3n) is 3.24. The molecular weight excluding hydrogens is 371 g/mol. The molecule has 1 N–H and O–H groups in total. The zero-order valence-corrected chi connectivity index (χ0v) is 14.2. The summed E-state index contributed by atoms with van der Waals surface area (Å²) in [5.41, 5.74) is 0.126. The van der Waals surface area contributed by atoms with Crippen molar-refractivity contribution in [3.8, 4) is 0 Å². The molecule has 4 nitrogen and oxygen atoms in total. The molecular formula is C18H13ClF3NO3. The number of rotatable bonds is 5. The van der Waals surface area contributed by atoms with E-state index in [0.717, 1.165) is 12.1 Å². The molecule has 0 aliphatic heterocycles. The Morgan fingerprint density at radius 3 is 2.38 bits per heavy atom. The Morgan fingerprint density at radius 2 is 1.73 bits per heavy atom. The van der Waals surface area contributed by atoms with E-state index in [4.69, 9.17) is 16.3 Å². The van der Waals surface area contributed by atoms with E-state index in [1.807, 2.05) is 5.32 Å². The highest BCUT2D eigenvalue weighted by Gasteiger charge is 2.20. The molecule has 0 saturated carbocycles. The molecule has 0 heterocycles. The van der Waals surface area contributed by atoms with Crippen LogP contribution >= 0.6 is 11.6 Å². The molecule has 0 saturated heterocycles. The molecule has 2 rings (SSSR count). The summed E-state index contributed by atoms with van der Waals surface area (Å²) in [6.45, 7) is 1.25. The Hall–Kier alpha value is -2.80. The summed E-state index contributed by atoms with van der Waals surface area (Å²) in [5.74, 6) is -6.35. The highest BCUT2D eigenvalue weighted by atomic mass is 35.5. The summed E-state index contributed by atoms with van der Waals surface area (Å²) in [6.07, 6.45) is 1.27. The van der Waals surface area contributed by atoms with Crippen molar-refractivity contribution in [2.45, 2.75) is 13.0 Å². The first-order chi connectivity index (χ1) is 12.3. The van der Waals surface area contributed by atoms with Gasteiger partial charge in [-0.3, -0.25) is 4.79 Å². The van der Waals surface area contributed by atoms with Crippen molar-refractivity contribution in [1.29, 1.82) is 0 Å². The van der Waals surface area contributed by atoms with E-state index in [1.54, 1.807) is 24.3 Å². The number of amides is 1. The Kier molecular flexibility index (Phi) is 6.41. The predicted octanol–water partition coefficient (Wildman–Crippen LogP) is 4.34. The zero-order chi connectivity index (χ0) is 19.3. The number of carbonyl (C=O) groups excluding carboxylic acids is 2. The monoisotopic (exact) mass is 383 g/mol. The molecule has 0 aromatic heterocycles. The molecule has 2 aromatic carbocycles. The van der Waals surface area contributed by atoms with Crippen LogP contribution in [0, 0.1) is 17.5 Å². The Bertz CT molecular complexity index is 854. The van der Waals surface area contributed by atoms with Gasteiger partial charge in [0.25, 0.3) is 5.91 Å². The first-order valence-electron chi connectivity index (χ1n) is 7.36. The van der Waals surface area contributed by atoms with Crippen LogP contribution in [0.4, 0.5) is 18.9 Å². The van der Waals surface area contributed by atoms with Gasteiger partial charge in [-0.1, -0.05) is 23.7 Å². The third kappa shape index (κ3) is 5.10. The van der Waals surface area contributed by atoms with Crippen molar-refractivity contribution in [1.82, 2.24) is 0 Å².